The standard InChI is InChI=1S/C10H20N4O3/c1-3-16-7(17-4-2)5-6-8(11)13-10(12)14-9(6)15/h6-8H,3-5,11H2,1-2H3,(H3,12,13,14,15). The summed E-state index contributed by atoms with van der Waals surface area (Å²) < 4.78 is 10.7. The van der Waals surface area contributed by atoms with Crippen molar-refractivity contribution >= 4 is 11.9 Å². The second-order valence-electron chi connectivity index (χ2n) is 3.68. The third kappa shape index (κ3) is 3.95. The number of hydrogen-bond donors (Lipinski definition) is 3. The minimum Gasteiger partial charge on any atom is -0.370 e. The fourth-order valence-electron chi connectivity index (χ4n) is 1.67. The number of carbonyl (C=O) groups excluding carboxylic acids is 1. The molecule has 2 atom stereocenters. The molecule has 1 heterocycles. The second-order valence-corrected chi connectivity index (χ2v) is 3.68. The predicted molar refractivity (Wildman–Crippen MR) is 62.9 cm³/mol. The van der Waals surface area contributed by atoms with Crippen LogP contribution in [0.4, 0.5) is 0 Å². The van der Waals surface area contributed by atoms with Crippen LogP contribution in [0, 0.1) is 5.92 Å². The highest BCUT2D eigenvalue weighted by molar-refractivity contribution is 5.99. The zero-order valence-corrected chi connectivity index (χ0v) is 10.2. The van der Waals surface area contributed by atoms with Crippen molar-refractivity contribution in [1.29, 1.82) is 0 Å². The van der Waals surface area contributed by atoms with Gasteiger partial charge in [0.15, 0.2) is 12.2 Å². The van der Waals surface area contributed by atoms with E-state index in [0.29, 0.717) is 19.6 Å². The van der Waals surface area contributed by atoms with Crippen LogP contribution in [0.15, 0.2) is 4.99 Å². The molecule has 1 amide bonds. The fraction of sp³-hybridized carbons (Fsp3) is 0.800. The number of guanidine groups is 1. The Morgan fingerprint density at radius 3 is 2.47 bits per heavy atom. The van der Waals surface area contributed by atoms with Crippen LogP contribution in [0.1, 0.15) is 20.3 Å². The molecule has 0 fully saturated rings. The van der Waals surface area contributed by atoms with Gasteiger partial charge in [-0.05, 0) is 13.8 Å². The lowest BCUT2D eigenvalue weighted by molar-refractivity contribution is -0.154. The molecule has 0 aromatic carbocycles. The van der Waals surface area contributed by atoms with Crippen molar-refractivity contribution in [3.8, 4) is 0 Å². The van der Waals surface area contributed by atoms with Gasteiger partial charge in [0.05, 0.1) is 5.92 Å². The molecule has 1 aliphatic rings. The van der Waals surface area contributed by atoms with Crippen LogP contribution in [0.25, 0.3) is 0 Å². The van der Waals surface area contributed by atoms with E-state index >= 15 is 0 Å². The topological polar surface area (TPSA) is 112 Å². The van der Waals surface area contributed by atoms with Crippen molar-refractivity contribution < 1.29 is 14.3 Å². The van der Waals surface area contributed by atoms with Crippen molar-refractivity contribution in [2.45, 2.75) is 32.7 Å². The third-order valence-corrected chi connectivity index (χ3v) is 2.44. The van der Waals surface area contributed by atoms with Crippen LogP contribution >= 0.6 is 0 Å². The number of hydrogen-bond acceptors (Lipinski definition) is 6. The Morgan fingerprint density at radius 2 is 2.00 bits per heavy atom. The molecule has 1 aliphatic heterocycles. The van der Waals surface area contributed by atoms with Crippen LogP contribution in [-0.4, -0.2) is 37.5 Å². The summed E-state index contributed by atoms with van der Waals surface area (Å²) in [5.41, 5.74) is 11.2. The smallest absolute Gasteiger partial charge is 0.233 e. The monoisotopic (exact) mass is 244 g/mol. The third-order valence-electron chi connectivity index (χ3n) is 2.44. The molecule has 0 spiro atoms. The minimum absolute atomic E-state index is 0.0584. The van der Waals surface area contributed by atoms with E-state index in [1.807, 2.05) is 13.8 Å². The van der Waals surface area contributed by atoms with Crippen LogP contribution in [0.5, 0.6) is 0 Å². The van der Waals surface area contributed by atoms with E-state index in [-0.39, 0.29) is 11.9 Å². The molecule has 0 aromatic heterocycles. The lowest BCUT2D eigenvalue weighted by Crippen LogP contribution is -2.53. The number of ether oxygens (including phenoxy) is 2. The number of amides is 1. The highest BCUT2D eigenvalue weighted by atomic mass is 16.7. The molecule has 98 valence electrons. The average Bonchev–Trinajstić information content (AvgIpc) is 2.23. The van der Waals surface area contributed by atoms with Crippen LogP contribution in [-0.2, 0) is 14.3 Å². The summed E-state index contributed by atoms with van der Waals surface area (Å²) in [5, 5.41) is 2.45. The Hall–Kier alpha value is -1.18. The van der Waals surface area contributed by atoms with Crippen molar-refractivity contribution in [3.63, 3.8) is 0 Å². The summed E-state index contributed by atoms with van der Waals surface area (Å²) in [4.78, 5) is 15.6. The number of carbonyl (C=O) groups is 1. The van der Waals surface area contributed by atoms with Gasteiger partial charge in [-0.25, -0.2) is 4.99 Å². The van der Waals surface area contributed by atoms with Crippen molar-refractivity contribution in [1.82, 2.24) is 5.32 Å². The first kappa shape index (κ1) is 13.9. The summed E-state index contributed by atoms with van der Waals surface area (Å²) >= 11 is 0. The minimum atomic E-state index is -0.646. The Bertz CT molecular complexity index is 289. The molecule has 0 saturated carbocycles. The van der Waals surface area contributed by atoms with Gasteiger partial charge in [0.1, 0.15) is 6.17 Å². The van der Waals surface area contributed by atoms with Gasteiger partial charge in [-0.1, -0.05) is 0 Å². The van der Waals surface area contributed by atoms with Crippen LogP contribution in [0.2, 0.25) is 0 Å². The van der Waals surface area contributed by atoms with Gasteiger partial charge < -0.3 is 20.9 Å². The highest BCUT2D eigenvalue weighted by Crippen LogP contribution is 2.17. The predicted octanol–water partition coefficient (Wildman–Crippen LogP) is -0.879. The summed E-state index contributed by atoms with van der Waals surface area (Å²) in [7, 11) is 0. The van der Waals surface area contributed by atoms with Crippen LogP contribution in [0.3, 0.4) is 0 Å². The fourth-order valence-corrected chi connectivity index (χ4v) is 1.67. The number of aliphatic imine (C=N–C) groups is 1. The molecule has 0 aliphatic carbocycles. The molecule has 7 nitrogen and oxygen atoms in total. The van der Waals surface area contributed by atoms with E-state index in [1.54, 1.807) is 0 Å². The summed E-state index contributed by atoms with van der Waals surface area (Å²) in [6, 6.07) is 0. The average molecular weight is 244 g/mol. The zero-order chi connectivity index (χ0) is 12.8. The lowest BCUT2D eigenvalue weighted by atomic mass is 10.00. The van der Waals surface area contributed by atoms with E-state index in [1.165, 1.54) is 0 Å². The first-order valence-corrected chi connectivity index (χ1v) is 5.71. The normalized spacial score (nSPS) is 24.7. The highest BCUT2D eigenvalue weighted by Gasteiger charge is 2.32. The SMILES string of the molecule is CCOC(CC1C(=O)NC(N)=NC1N)OCC. The number of nitrogens with two attached hydrogens (primary N) is 2. The van der Waals surface area contributed by atoms with Crippen molar-refractivity contribution in [2.75, 3.05) is 13.2 Å². The quantitative estimate of drug-likeness (QED) is 0.525. The number of nitrogens with zero attached hydrogens (tertiary/aromatic N) is 1. The molecule has 0 aromatic rings. The summed E-state index contributed by atoms with van der Waals surface area (Å²) in [6.07, 6.45) is -0.723. The van der Waals surface area contributed by atoms with Gasteiger partial charge in [-0.15, -0.1) is 0 Å². The van der Waals surface area contributed by atoms with E-state index in [4.69, 9.17) is 20.9 Å². The maximum atomic E-state index is 11.7. The molecular weight excluding hydrogens is 224 g/mol. The summed E-state index contributed by atoms with van der Waals surface area (Å²) in [6.45, 7) is 4.76. The molecule has 5 N–H and O–H groups in total. The maximum Gasteiger partial charge on any atom is 0.233 e. The molecule has 7 heteroatoms. The van der Waals surface area contributed by atoms with Gasteiger partial charge in [-0.3, -0.25) is 10.1 Å². The first-order valence-electron chi connectivity index (χ1n) is 5.71. The first-order chi connectivity index (χ1) is 8.08. The van der Waals surface area contributed by atoms with Gasteiger partial charge in [0, 0.05) is 19.6 Å². The molecule has 1 rings (SSSR count). The molecule has 0 saturated heterocycles. The Labute approximate surface area is 101 Å². The van der Waals surface area contributed by atoms with Gasteiger partial charge in [0.2, 0.25) is 5.91 Å². The van der Waals surface area contributed by atoms with E-state index in [9.17, 15) is 4.79 Å². The van der Waals surface area contributed by atoms with Crippen molar-refractivity contribution in [3.05, 3.63) is 0 Å². The van der Waals surface area contributed by atoms with Gasteiger partial charge in [-0.2, -0.15) is 0 Å². The van der Waals surface area contributed by atoms with Crippen molar-refractivity contribution in [2.24, 2.45) is 22.4 Å². The molecule has 0 radical (unpaired) electrons. The number of rotatable bonds is 6. The Balaban J connectivity index is 2.62. The lowest BCUT2D eigenvalue weighted by Gasteiger charge is -2.28. The van der Waals surface area contributed by atoms with E-state index in [2.05, 4.69) is 10.3 Å². The molecular formula is C10H20N4O3. The molecule has 17 heavy (non-hydrogen) atoms. The van der Waals surface area contributed by atoms with E-state index in [0.717, 1.165) is 0 Å². The zero-order valence-electron chi connectivity index (χ0n) is 10.2. The largest absolute Gasteiger partial charge is 0.370 e. The Kier molecular flexibility index (Phi) is 5.33. The number of nitrogens with one attached hydrogen (secondary N) is 1. The summed E-state index contributed by atoms with van der Waals surface area (Å²) in [5.74, 6) is -0.664. The Morgan fingerprint density at radius 1 is 1.41 bits per heavy atom. The second kappa shape index (κ2) is 6.53. The van der Waals surface area contributed by atoms with Gasteiger partial charge in [0.25, 0.3) is 0 Å². The molecule has 2 unspecified atom stereocenters. The maximum absolute atomic E-state index is 11.7. The van der Waals surface area contributed by atoms with E-state index < -0.39 is 18.4 Å². The molecule has 0 bridgehead atoms. The van der Waals surface area contributed by atoms with Gasteiger partial charge >= 0.3 is 0 Å². The van der Waals surface area contributed by atoms with Crippen LogP contribution < -0.4 is 16.8 Å².